The summed E-state index contributed by atoms with van der Waals surface area (Å²) in [5.41, 5.74) is 6.27. The maximum Gasteiger partial charge on any atom is 0.223 e. The van der Waals surface area contributed by atoms with Gasteiger partial charge in [0.05, 0.1) is 5.69 Å². The van der Waals surface area contributed by atoms with Crippen molar-refractivity contribution in [2.75, 3.05) is 17.6 Å². The molecule has 2 aromatic rings. The van der Waals surface area contributed by atoms with Gasteiger partial charge in [0.15, 0.2) is 5.82 Å². The summed E-state index contributed by atoms with van der Waals surface area (Å²) in [7, 11) is 0. The van der Waals surface area contributed by atoms with Crippen molar-refractivity contribution in [2.45, 2.75) is 13.3 Å². The van der Waals surface area contributed by atoms with Crippen molar-refractivity contribution in [1.82, 2.24) is 10.1 Å². The summed E-state index contributed by atoms with van der Waals surface area (Å²) in [6, 6.07) is 4.52. The number of benzene rings is 1. The number of nitrogen functional groups attached to an aromatic ring is 1. The summed E-state index contributed by atoms with van der Waals surface area (Å²) in [5, 5.41) is 6.69. The lowest BCUT2D eigenvalue weighted by atomic mass is 10.2. The van der Waals surface area contributed by atoms with E-state index in [-0.39, 0.29) is 5.82 Å². The first-order chi connectivity index (χ1) is 8.15. The van der Waals surface area contributed by atoms with Crippen LogP contribution in [0.1, 0.15) is 11.7 Å². The largest absolute Gasteiger partial charge is 0.399 e. The lowest BCUT2D eigenvalue weighted by Gasteiger charge is -2.06. The van der Waals surface area contributed by atoms with Gasteiger partial charge < -0.3 is 15.6 Å². The van der Waals surface area contributed by atoms with Gasteiger partial charge in [-0.1, -0.05) is 5.16 Å². The first-order valence-electron chi connectivity index (χ1n) is 5.23. The Morgan fingerprint density at radius 1 is 1.47 bits per heavy atom. The normalized spacial score (nSPS) is 10.5. The van der Waals surface area contributed by atoms with E-state index in [4.69, 9.17) is 10.3 Å². The minimum atomic E-state index is -0.366. The Morgan fingerprint density at radius 2 is 2.29 bits per heavy atom. The number of halogens is 1. The highest BCUT2D eigenvalue weighted by Gasteiger charge is 2.04. The van der Waals surface area contributed by atoms with Crippen LogP contribution < -0.4 is 11.1 Å². The third-order valence-corrected chi connectivity index (χ3v) is 2.23. The number of nitrogens with one attached hydrogen (secondary N) is 1. The molecule has 0 aliphatic carbocycles. The van der Waals surface area contributed by atoms with E-state index in [1.807, 2.05) is 0 Å². The van der Waals surface area contributed by atoms with Gasteiger partial charge >= 0.3 is 0 Å². The Hall–Kier alpha value is -2.11. The molecule has 1 heterocycles. The summed E-state index contributed by atoms with van der Waals surface area (Å²) >= 11 is 0. The third-order valence-electron chi connectivity index (χ3n) is 2.23. The van der Waals surface area contributed by atoms with Gasteiger partial charge in [-0.2, -0.15) is 4.98 Å². The highest BCUT2D eigenvalue weighted by atomic mass is 19.1. The first kappa shape index (κ1) is 11.4. The molecule has 6 heteroatoms. The molecule has 2 rings (SSSR count). The minimum Gasteiger partial charge on any atom is -0.399 e. The maximum atomic E-state index is 13.4. The topological polar surface area (TPSA) is 77.0 Å². The zero-order valence-electron chi connectivity index (χ0n) is 9.40. The number of hydrogen-bond donors (Lipinski definition) is 2. The molecular weight excluding hydrogens is 223 g/mol. The zero-order valence-corrected chi connectivity index (χ0v) is 9.40. The van der Waals surface area contributed by atoms with E-state index >= 15 is 0 Å². The first-order valence-corrected chi connectivity index (χ1v) is 5.23. The molecule has 0 amide bonds. The SMILES string of the molecule is Cc1nc(CCNc2ccc(N)cc2F)no1. The molecule has 0 radical (unpaired) electrons. The van der Waals surface area contributed by atoms with Gasteiger partial charge in [0.25, 0.3) is 0 Å². The van der Waals surface area contributed by atoms with E-state index in [0.29, 0.717) is 36.1 Å². The summed E-state index contributed by atoms with van der Waals surface area (Å²) in [6.45, 7) is 2.25. The van der Waals surface area contributed by atoms with Crippen molar-refractivity contribution in [3.05, 3.63) is 35.7 Å². The van der Waals surface area contributed by atoms with Gasteiger partial charge in [-0.15, -0.1) is 0 Å². The number of aromatic nitrogens is 2. The van der Waals surface area contributed by atoms with Crippen molar-refractivity contribution in [2.24, 2.45) is 0 Å². The molecule has 0 spiro atoms. The van der Waals surface area contributed by atoms with E-state index in [1.54, 1.807) is 19.1 Å². The molecule has 0 aliphatic heterocycles. The quantitative estimate of drug-likeness (QED) is 0.791. The number of hydrogen-bond acceptors (Lipinski definition) is 5. The van der Waals surface area contributed by atoms with Crippen molar-refractivity contribution >= 4 is 11.4 Å². The van der Waals surface area contributed by atoms with Crippen LogP contribution in [-0.2, 0) is 6.42 Å². The average Bonchev–Trinajstić information content (AvgIpc) is 2.68. The Morgan fingerprint density at radius 3 is 2.94 bits per heavy atom. The average molecular weight is 236 g/mol. The van der Waals surface area contributed by atoms with Crippen LogP contribution in [0.25, 0.3) is 0 Å². The minimum absolute atomic E-state index is 0.366. The molecule has 0 saturated heterocycles. The summed E-state index contributed by atoms with van der Waals surface area (Å²) in [6.07, 6.45) is 0.571. The predicted molar refractivity (Wildman–Crippen MR) is 62.0 cm³/mol. The van der Waals surface area contributed by atoms with Gasteiger partial charge in [0, 0.05) is 25.6 Å². The Bertz CT molecular complexity index is 512. The van der Waals surface area contributed by atoms with Gasteiger partial charge in [-0.3, -0.25) is 0 Å². The predicted octanol–water partition coefficient (Wildman–Crippen LogP) is 1.75. The lowest BCUT2D eigenvalue weighted by molar-refractivity contribution is 0.387. The van der Waals surface area contributed by atoms with Crippen molar-refractivity contribution in [3.8, 4) is 0 Å². The highest BCUT2D eigenvalue weighted by molar-refractivity contribution is 5.52. The third kappa shape index (κ3) is 2.93. The molecule has 0 bridgehead atoms. The number of aryl methyl sites for hydroxylation is 1. The standard InChI is InChI=1S/C11H13FN4O/c1-7-15-11(16-17-7)4-5-14-10-3-2-8(13)6-9(10)12/h2-3,6,14H,4-5,13H2,1H3. The van der Waals surface area contributed by atoms with Crippen LogP contribution in [0.5, 0.6) is 0 Å². The summed E-state index contributed by atoms with van der Waals surface area (Å²) < 4.78 is 18.2. The molecule has 1 aromatic heterocycles. The van der Waals surface area contributed by atoms with Crippen molar-refractivity contribution in [3.63, 3.8) is 0 Å². The highest BCUT2D eigenvalue weighted by Crippen LogP contribution is 2.16. The maximum absolute atomic E-state index is 13.4. The number of nitrogens with two attached hydrogens (primary N) is 1. The Balaban J connectivity index is 1.90. The van der Waals surface area contributed by atoms with Gasteiger partial charge in [0.1, 0.15) is 5.82 Å². The summed E-state index contributed by atoms with van der Waals surface area (Å²) in [5.74, 6) is 0.763. The van der Waals surface area contributed by atoms with Crippen LogP contribution in [-0.4, -0.2) is 16.7 Å². The Labute approximate surface area is 97.8 Å². The van der Waals surface area contributed by atoms with Crippen LogP contribution in [0.3, 0.4) is 0 Å². The fraction of sp³-hybridized carbons (Fsp3) is 0.273. The molecule has 90 valence electrons. The second kappa shape index (κ2) is 4.82. The van der Waals surface area contributed by atoms with Crippen LogP contribution >= 0.6 is 0 Å². The van der Waals surface area contributed by atoms with Crippen molar-refractivity contribution in [1.29, 1.82) is 0 Å². The van der Waals surface area contributed by atoms with Crippen LogP contribution in [0.2, 0.25) is 0 Å². The molecular formula is C11H13FN4O. The van der Waals surface area contributed by atoms with Gasteiger partial charge in [0.2, 0.25) is 5.89 Å². The molecule has 0 atom stereocenters. The van der Waals surface area contributed by atoms with E-state index in [0.717, 1.165) is 0 Å². The summed E-state index contributed by atoms with van der Waals surface area (Å²) in [4.78, 5) is 4.05. The Kier molecular flexibility index (Phi) is 3.22. The fourth-order valence-corrected chi connectivity index (χ4v) is 1.43. The smallest absolute Gasteiger partial charge is 0.223 e. The van der Waals surface area contributed by atoms with E-state index < -0.39 is 0 Å². The number of rotatable bonds is 4. The number of anilines is 2. The van der Waals surface area contributed by atoms with Gasteiger partial charge in [-0.05, 0) is 18.2 Å². The van der Waals surface area contributed by atoms with E-state index in [1.165, 1.54) is 6.07 Å². The second-order valence-corrected chi connectivity index (χ2v) is 3.65. The molecule has 3 N–H and O–H groups in total. The van der Waals surface area contributed by atoms with Gasteiger partial charge in [-0.25, -0.2) is 4.39 Å². The van der Waals surface area contributed by atoms with Crippen molar-refractivity contribution < 1.29 is 8.91 Å². The fourth-order valence-electron chi connectivity index (χ4n) is 1.43. The molecule has 1 aromatic carbocycles. The molecule has 17 heavy (non-hydrogen) atoms. The van der Waals surface area contributed by atoms with Crippen LogP contribution in [0.4, 0.5) is 15.8 Å². The van der Waals surface area contributed by atoms with E-state index in [2.05, 4.69) is 15.5 Å². The molecule has 0 unspecified atom stereocenters. The second-order valence-electron chi connectivity index (χ2n) is 3.65. The van der Waals surface area contributed by atoms with Crippen LogP contribution in [0.15, 0.2) is 22.7 Å². The van der Waals surface area contributed by atoms with E-state index in [9.17, 15) is 4.39 Å². The molecule has 0 aliphatic rings. The number of nitrogens with zero attached hydrogens (tertiary/aromatic N) is 2. The molecule has 0 fully saturated rings. The lowest BCUT2D eigenvalue weighted by Crippen LogP contribution is -2.07. The molecule has 5 nitrogen and oxygen atoms in total. The monoisotopic (exact) mass is 236 g/mol. The molecule has 0 saturated carbocycles. The van der Waals surface area contributed by atoms with Crippen LogP contribution in [0, 0.1) is 12.7 Å². The zero-order chi connectivity index (χ0) is 12.3.